The van der Waals surface area contributed by atoms with Crippen LogP contribution in [-0.2, 0) is 0 Å². The summed E-state index contributed by atoms with van der Waals surface area (Å²) >= 11 is 6.34. The third kappa shape index (κ3) is 3.10. The van der Waals surface area contributed by atoms with Crippen molar-refractivity contribution < 1.29 is 4.48 Å². The molecule has 0 aliphatic carbocycles. The minimum absolute atomic E-state index is 0.134. The average molecular weight is 216 g/mol. The molecule has 0 saturated heterocycles. The van der Waals surface area contributed by atoms with Crippen molar-refractivity contribution in [2.75, 3.05) is 7.05 Å². The Morgan fingerprint density at radius 3 is 2.71 bits per heavy atom. The number of nitrogens with zero attached hydrogens (tertiary/aromatic N) is 2. The molecule has 0 fully saturated rings. The van der Waals surface area contributed by atoms with Crippen molar-refractivity contribution in [3.8, 4) is 0 Å². The maximum absolute atomic E-state index is 6.34. The van der Waals surface area contributed by atoms with E-state index in [2.05, 4.69) is 19.0 Å². The van der Waals surface area contributed by atoms with E-state index in [0.29, 0.717) is 4.48 Å². The van der Waals surface area contributed by atoms with Crippen molar-refractivity contribution >= 4 is 17.9 Å². The van der Waals surface area contributed by atoms with Crippen LogP contribution in [0, 0.1) is 0 Å². The smallest absolute Gasteiger partial charge is 0.195 e. The molecule has 0 amide bonds. The Morgan fingerprint density at radius 2 is 2.14 bits per heavy atom. The van der Waals surface area contributed by atoms with Gasteiger partial charge in [-0.05, 0) is 6.42 Å². The van der Waals surface area contributed by atoms with Gasteiger partial charge in [-0.3, -0.25) is 0 Å². The molecule has 0 spiro atoms. The third-order valence-electron chi connectivity index (χ3n) is 2.69. The minimum atomic E-state index is 0.134. The van der Waals surface area contributed by atoms with E-state index in [4.69, 9.17) is 11.6 Å². The lowest BCUT2D eigenvalue weighted by Gasteiger charge is -2.27. The number of hydrogen-bond donors (Lipinski definition) is 0. The Labute approximate surface area is 91.9 Å². The van der Waals surface area contributed by atoms with Gasteiger partial charge in [-0.1, -0.05) is 37.8 Å². The van der Waals surface area contributed by atoms with E-state index in [1.165, 1.54) is 25.7 Å². The molecule has 14 heavy (non-hydrogen) atoms. The second kappa shape index (κ2) is 5.52. The van der Waals surface area contributed by atoms with E-state index in [1.807, 2.05) is 18.7 Å². The van der Waals surface area contributed by atoms with E-state index in [0.717, 1.165) is 6.42 Å². The first-order chi connectivity index (χ1) is 6.69. The standard InChI is InChI=1S/C11H20ClN2/c1-3-4-5-6-7-11(12)14(2)9-8-13-10-14/h8-11H,3-7H2,1-2H3/q+1. The fourth-order valence-electron chi connectivity index (χ4n) is 1.59. The van der Waals surface area contributed by atoms with Crippen LogP contribution >= 0.6 is 11.6 Å². The summed E-state index contributed by atoms with van der Waals surface area (Å²) in [4.78, 5) is 4.08. The zero-order valence-electron chi connectivity index (χ0n) is 9.12. The minimum Gasteiger partial charge on any atom is -0.241 e. The Bertz CT molecular complexity index is 211. The van der Waals surface area contributed by atoms with Crippen LogP contribution in [0.25, 0.3) is 0 Å². The Balaban J connectivity index is 2.24. The van der Waals surface area contributed by atoms with Crippen LogP contribution in [0.15, 0.2) is 17.4 Å². The van der Waals surface area contributed by atoms with Crippen LogP contribution in [0.4, 0.5) is 0 Å². The highest BCUT2D eigenvalue weighted by molar-refractivity contribution is 6.19. The first kappa shape index (κ1) is 11.7. The first-order valence-corrected chi connectivity index (χ1v) is 5.84. The highest BCUT2D eigenvalue weighted by Gasteiger charge is 2.29. The lowest BCUT2D eigenvalue weighted by atomic mass is 10.1. The van der Waals surface area contributed by atoms with Gasteiger partial charge in [-0.2, -0.15) is 0 Å². The fraction of sp³-hybridized carbons (Fsp3) is 0.727. The predicted octanol–water partition coefficient (Wildman–Crippen LogP) is 3.48. The molecule has 1 heterocycles. The fourth-order valence-corrected chi connectivity index (χ4v) is 1.86. The number of aliphatic imine (C=N–C) groups is 1. The lowest BCUT2D eigenvalue weighted by molar-refractivity contribution is -0.770. The van der Waals surface area contributed by atoms with Crippen LogP contribution in [0.2, 0.25) is 0 Å². The molecule has 0 aromatic carbocycles. The summed E-state index contributed by atoms with van der Waals surface area (Å²) in [7, 11) is 2.09. The summed E-state index contributed by atoms with van der Waals surface area (Å²) in [5.74, 6) is 0. The van der Waals surface area contributed by atoms with Gasteiger partial charge in [0.2, 0.25) is 0 Å². The van der Waals surface area contributed by atoms with Crippen molar-refractivity contribution in [3.63, 3.8) is 0 Å². The molecule has 2 atom stereocenters. The normalized spacial score (nSPS) is 27.1. The molecule has 1 rings (SSSR count). The van der Waals surface area contributed by atoms with Gasteiger partial charge in [0.15, 0.2) is 11.8 Å². The van der Waals surface area contributed by atoms with Crippen LogP contribution < -0.4 is 0 Å². The largest absolute Gasteiger partial charge is 0.241 e. The number of hydrogen-bond acceptors (Lipinski definition) is 1. The summed E-state index contributed by atoms with van der Waals surface area (Å²) in [6.07, 6.45) is 11.9. The molecule has 0 saturated carbocycles. The van der Waals surface area contributed by atoms with E-state index < -0.39 is 0 Å². The van der Waals surface area contributed by atoms with Crippen LogP contribution in [0.5, 0.6) is 0 Å². The molecule has 2 nitrogen and oxygen atoms in total. The molecule has 2 unspecified atom stereocenters. The van der Waals surface area contributed by atoms with Crippen molar-refractivity contribution in [2.45, 2.75) is 44.5 Å². The number of rotatable bonds is 6. The van der Waals surface area contributed by atoms with Gasteiger partial charge in [0.05, 0.1) is 13.2 Å². The predicted molar refractivity (Wildman–Crippen MR) is 62.2 cm³/mol. The summed E-state index contributed by atoms with van der Waals surface area (Å²) in [5, 5.41) is 0. The summed E-state index contributed by atoms with van der Waals surface area (Å²) in [5.41, 5.74) is 0.134. The molecule has 0 radical (unpaired) electrons. The molecule has 1 aliphatic rings. The van der Waals surface area contributed by atoms with Gasteiger partial charge < -0.3 is 0 Å². The van der Waals surface area contributed by atoms with Gasteiger partial charge >= 0.3 is 0 Å². The van der Waals surface area contributed by atoms with E-state index >= 15 is 0 Å². The number of unbranched alkanes of at least 4 members (excludes halogenated alkanes) is 3. The molecular weight excluding hydrogens is 196 g/mol. The summed E-state index contributed by atoms with van der Waals surface area (Å²) in [6, 6.07) is 0. The molecule has 0 bridgehead atoms. The van der Waals surface area contributed by atoms with Gasteiger partial charge in [0.25, 0.3) is 0 Å². The molecule has 0 N–H and O–H groups in total. The zero-order chi connectivity index (χ0) is 10.4. The molecule has 1 aliphatic heterocycles. The Kier molecular flexibility index (Phi) is 4.63. The van der Waals surface area contributed by atoms with Gasteiger partial charge in [-0.15, -0.1) is 0 Å². The van der Waals surface area contributed by atoms with Crippen molar-refractivity contribution in [1.82, 2.24) is 0 Å². The van der Waals surface area contributed by atoms with Crippen molar-refractivity contribution in [2.24, 2.45) is 4.99 Å². The molecule has 3 heteroatoms. The highest BCUT2D eigenvalue weighted by atomic mass is 35.5. The third-order valence-corrected chi connectivity index (χ3v) is 3.33. The van der Waals surface area contributed by atoms with Gasteiger partial charge in [0, 0.05) is 6.42 Å². The maximum Gasteiger partial charge on any atom is 0.195 e. The second-order valence-corrected chi connectivity index (χ2v) is 4.57. The second-order valence-electron chi connectivity index (χ2n) is 4.07. The molecular formula is C11H20ClN2+. The molecule has 0 aromatic rings. The van der Waals surface area contributed by atoms with E-state index in [-0.39, 0.29) is 5.50 Å². The SMILES string of the molecule is CCCCCCC(Cl)[N+]1(C)C=CN=C1. The van der Waals surface area contributed by atoms with Crippen LogP contribution in [-0.4, -0.2) is 23.4 Å². The number of halogens is 1. The van der Waals surface area contributed by atoms with Crippen LogP contribution in [0.3, 0.4) is 0 Å². The topological polar surface area (TPSA) is 12.4 Å². The van der Waals surface area contributed by atoms with Gasteiger partial charge in [-0.25, -0.2) is 9.48 Å². The summed E-state index contributed by atoms with van der Waals surface area (Å²) in [6.45, 7) is 2.22. The van der Waals surface area contributed by atoms with E-state index in [9.17, 15) is 0 Å². The Morgan fingerprint density at radius 1 is 1.36 bits per heavy atom. The quantitative estimate of drug-likeness (QED) is 0.279. The average Bonchev–Trinajstić information content (AvgIpc) is 2.61. The Hall–Kier alpha value is -0.340. The van der Waals surface area contributed by atoms with Crippen molar-refractivity contribution in [1.29, 1.82) is 0 Å². The lowest BCUT2D eigenvalue weighted by Crippen LogP contribution is -2.41. The highest BCUT2D eigenvalue weighted by Crippen LogP contribution is 2.22. The summed E-state index contributed by atoms with van der Waals surface area (Å²) < 4.78 is 0.647. The zero-order valence-corrected chi connectivity index (χ0v) is 9.87. The molecule has 80 valence electrons. The first-order valence-electron chi connectivity index (χ1n) is 5.41. The number of alkyl halides is 1. The van der Waals surface area contributed by atoms with E-state index in [1.54, 1.807) is 0 Å². The van der Waals surface area contributed by atoms with Crippen LogP contribution in [0.1, 0.15) is 39.0 Å². The van der Waals surface area contributed by atoms with Gasteiger partial charge in [0.1, 0.15) is 6.20 Å². The monoisotopic (exact) mass is 215 g/mol. The number of quaternary nitrogens is 1. The maximum atomic E-state index is 6.34. The molecule has 0 aromatic heterocycles. The van der Waals surface area contributed by atoms with Crippen molar-refractivity contribution in [3.05, 3.63) is 12.4 Å².